The molecule has 1 heterocycles. The predicted molar refractivity (Wildman–Crippen MR) is 125 cm³/mol. The quantitative estimate of drug-likeness (QED) is 0.269. The second kappa shape index (κ2) is 13.0. The van der Waals surface area contributed by atoms with Gasteiger partial charge in [-0.1, -0.05) is 30.3 Å². The predicted octanol–water partition coefficient (Wildman–Crippen LogP) is 3.15. The standard InChI is InChI=1S/C21H34N4O2.HI/c1-5-22-21(25-14-12-18(13-15-25)20(26)27-6-2)23-16-19(24(3)4)17-10-8-7-9-11-17;/h7-11,18-19H,5-6,12-16H2,1-4H3,(H,22,23);1H. The second-order valence-electron chi connectivity index (χ2n) is 7.10. The van der Waals surface area contributed by atoms with Crippen LogP contribution in [0.4, 0.5) is 0 Å². The van der Waals surface area contributed by atoms with Crippen molar-refractivity contribution in [2.75, 3.05) is 46.9 Å². The molecule has 2 rings (SSSR count). The average Bonchev–Trinajstić information content (AvgIpc) is 2.68. The molecule has 0 saturated carbocycles. The van der Waals surface area contributed by atoms with Crippen molar-refractivity contribution >= 4 is 35.9 Å². The SMILES string of the molecule is CCNC(=NCC(c1ccccc1)N(C)C)N1CCC(C(=O)OCC)CC1.I. The summed E-state index contributed by atoms with van der Waals surface area (Å²) >= 11 is 0. The first-order chi connectivity index (χ1) is 13.1. The van der Waals surface area contributed by atoms with Gasteiger partial charge in [-0.2, -0.15) is 0 Å². The Hall–Kier alpha value is -1.35. The van der Waals surface area contributed by atoms with Crippen molar-refractivity contribution in [1.29, 1.82) is 0 Å². The molecule has 1 atom stereocenters. The molecule has 1 aromatic rings. The van der Waals surface area contributed by atoms with E-state index in [-0.39, 0.29) is 41.9 Å². The van der Waals surface area contributed by atoms with Crippen LogP contribution in [0.3, 0.4) is 0 Å². The Bertz CT molecular complexity index is 602. The molecular weight excluding hydrogens is 467 g/mol. The van der Waals surface area contributed by atoms with Crippen LogP contribution < -0.4 is 5.32 Å². The summed E-state index contributed by atoms with van der Waals surface area (Å²) in [5.74, 6) is 0.890. The zero-order valence-corrected chi connectivity index (χ0v) is 19.9. The van der Waals surface area contributed by atoms with Gasteiger partial charge in [0.05, 0.1) is 25.1 Å². The Morgan fingerprint density at radius 3 is 2.43 bits per heavy atom. The number of piperidine rings is 1. The van der Waals surface area contributed by atoms with E-state index in [0.717, 1.165) is 38.4 Å². The molecule has 1 aromatic carbocycles. The van der Waals surface area contributed by atoms with E-state index in [1.807, 2.05) is 13.0 Å². The van der Waals surface area contributed by atoms with E-state index in [0.29, 0.717) is 13.2 Å². The lowest BCUT2D eigenvalue weighted by molar-refractivity contribution is -0.149. The van der Waals surface area contributed by atoms with Crippen LogP contribution in [0.25, 0.3) is 0 Å². The fourth-order valence-electron chi connectivity index (χ4n) is 3.43. The van der Waals surface area contributed by atoms with Gasteiger partial charge >= 0.3 is 5.97 Å². The van der Waals surface area contributed by atoms with Crippen LogP contribution in [-0.2, 0) is 9.53 Å². The van der Waals surface area contributed by atoms with E-state index in [1.54, 1.807) is 0 Å². The normalized spacial score (nSPS) is 16.5. The molecule has 0 spiro atoms. The first-order valence-corrected chi connectivity index (χ1v) is 9.98. The lowest BCUT2D eigenvalue weighted by Gasteiger charge is -2.33. The van der Waals surface area contributed by atoms with Gasteiger partial charge in [-0.25, -0.2) is 0 Å². The summed E-state index contributed by atoms with van der Waals surface area (Å²) in [4.78, 5) is 21.3. The van der Waals surface area contributed by atoms with Gasteiger partial charge in [0.1, 0.15) is 0 Å². The minimum absolute atomic E-state index is 0. The topological polar surface area (TPSA) is 57.2 Å². The van der Waals surface area contributed by atoms with Crippen LogP contribution in [0, 0.1) is 5.92 Å². The van der Waals surface area contributed by atoms with E-state index in [4.69, 9.17) is 9.73 Å². The molecule has 1 N–H and O–H groups in total. The number of esters is 1. The molecule has 7 heteroatoms. The summed E-state index contributed by atoms with van der Waals surface area (Å²) in [5.41, 5.74) is 1.27. The van der Waals surface area contributed by atoms with Crippen molar-refractivity contribution in [1.82, 2.24) is 15.1 Å². The van der Waals surface area contributed by atoms with Crippen molar-refractivity contribution in [2.45, 2.75) is 32.7 Å². The Kier molecular flexibility index (Phi) is 11.4. The highest BCUT2D eigenvalue weighted by atomic mass is 127. The highest BCUT2D eigenvalue weighted by molar-refractivity contribution is 14.0. The molecular formula is C21H35IN4O2. The number of likely N-dealkylation sites (tertiary alicyclic amines) is 1. The largest absolute Gasteiger partial charge is 0.466 e. The van der Waals surface area contributed by atoms with E-state index >= 15 is 0 Å². The van der Waals surface area contributed by atoms with Crippen LogP contribution in [0.1, 0.15) is 38.3 Å². The lowest BCUT2D eigenvalue weighted by atomic mass is 9.97. The Morgan fingerprint density at radius 1 is 1.25 bits per heavy atom. The number of ether oxygens (including phenoxy) is 1. The fraction of sp³-hybridized carbons (Fsp3) is 0.619. The molecule has 1 saturated heterocycles. The number of nitrogens with one attached hydrogen (secondary N) is 1. The van der Waals surface area contributed by atoms with E-state index < -0.39 is 0 Å². The van der Waals surface area contributed by atoms with Gasteiger partial charge in [0, 0.05) is 19.6 Å². The monoisotopic (exact) mass is 502 g/mol. The molecule has 1 aliphatic heterocycles. The summed E-state index contributed by atoms with van der Waals surface area (Å²) in [6.45, 7) is 7.57. The van der Waals surface area contributed by atoms with Gasteiger partial charge in [0.15, 0.2) is 5.96 Å². The number of rotatable bonds is 7. The molecule has 0 bridgehead atoms. The number of guanidine groups is 1. The molecule has 158 valence electrons. The summed E-state index contributed by atoms with van der Waals surface area (Å²) in [7, 11) is 4.18. The average molecular weight is 502 g/mol. The minimum atomic E-state index is -0.0594. The number of aliphatic imine (C=N–C) groups is 1. The molecule has 0 aromatic heterocycles. The van der Waals surface area contributed by atoms with Crippen molar-refractivity contribution in [3.05, 3.63) is 35.9 Å². The van der Waals surface area contributed by atoms with Gasteiger partial charge in [0.25, 0.3) is 0 Å². The first kappa shape index (κ1) is 24.7. The highest BCUT2D eigenvalue weighted by Crippen LogP contribution is 2.20. The van der Waals surface area contributed by atoms with Crippen molar-refractivity contribution in [3.8, 4) is 0 Å². The number of benzene rings is 1. The zero-order chi connectivity index (χ0) is 19.6. The Balaban J connectivity index is 0.00000392. The summed E-state index contributed by atoms with van der Waals surface area (Å²) in [6.07, 6.45) is 1.64. The number of nitrogens with zero attached hydrogens (tertiary/aromatic N) is 3. The lowest BCUT2D eigenvalue weighted by Crippen LogP contribution is -2.47. The molecule has 1 unspecified atom stereocenters. The van der Waals surface area contributed by atoms with Gasteiger partial charge < -0.3 is 19.9 Å². The third-order valence-corrected chi connectivity index (χ3v) is 4.97. The summed E-state index contributed by atoms with van der Waals surface area (Å²) in [6, 6.07) is 10.7. The van der Waals surface area contributed by atoms with Crippen LogP contribution in [0.2, 0.25) is 0 Å². The van der Waals surface area contributed by atoms with Gasteiger partial charge in [-0.3, -0.25) is 9.79 Å². The molecule has 28 heavy (non-hydrogen) atoms. The number of halogens is 1. The number of likely N-dealkylation sites (N-methyl/N-ethyl adjacent to an activating group) is 1. The number of carbonyl (C=O) groups excluding carboxylic acids is 1. The van der Waals surface area contributed by atoms with Crippen molar-refractivity contribution < 1.29 is 9.53 Å². The second-order valence-corrected chi connectivity index (χ2v) is 7.10. The van der Waals surface area contributed by atoms with E-state index in [9.17, 15) is 4.79 Å². The third kappa shape index (κ3) is 7.24. The first-order valence-electron chi connectivity index (χ1n) is 9.98. The van der Waals surface area contributed by atoms with Gasteiger partial charge in [0.2, 0.25) is 0 Å². The molecule has 0 amide bonds. The maximum atomic E-state index is 12.0. The Morgan fingerprint density at radius 2 is 1.89 bits per heavy atom. The van der Waals surface area contributed by atoms with Crippen LogP contribution in [0.5, 0.6) is 0 Å². The van der Waals surface area contributed by atoms with Crippen molar-refractivity contribution in [2.24, 2.45) is 10.9 Å². The van der Waals surface area contributed by atoms with Gasteiger partial charge in [-0.05, 0) is 46.3 Å². The fourth-order valence-corrected chi connectivity index (χ4v) is 3.43. The van der Waals surface area contributed by atoms with Crippen LogP contribution in [-0.4, -0.2) is 68.6 Å². The van der Waals surface area contributed by atoms with Crippen LogP contribution >= 0.6 is 24.0 Å². The maximum Gasteiger partial charge on any atom is 0.309 e. The van der Waals surface area contributed by atoms with E-state index in [2.05, 4.69) is 60.4 Å². The third-order valence-electron chi connectivity index (χ3n) is 4.97. The molecule has 6 nitrogen and oxygen atoms in total. The Labute approximate surface area is 186 Å². The molecule has 0 radical (unpaired) electrons. The minimum Gasteiger partial charge on any atom is -0.466 e. The van der Waals surface area contributed by atoms with Crippen LogP contribution in [0.15, 0.2) is 35.3 Å². The van der Waals surface area contributed by atoms with E-state index in [1.165, 1.54) is 5.56 Å². The smallest absolute Gasteiger partial charge is 0.309 e. The van der Waals surface area contributed by atoms with Crippen molar-refractivity contribution in [3.63, 3.8) is 0 Å². The molecule has 1 aliphatic rings. The maximum absolute atomic E-state index is 12.0. The van der Waals surface area contributed by atoms with Gasteiger partial charge in [-0.15, -0.1) is 24.0 Å². The molecule has 1 fully saturated rings. The summed E-state index contributed by atoms with van der Waals surface area (Å²) in [5, 5.41) is 3.41. The number of hydrogen-bond donors (Lipinski definition) is 1. The number of hydrogen-bond acceptors (Lipinski definition) is 4. The highest BCUT2D eigenvalue weighted by Gasteiger charge is 2.27. The molecule has 0 aliphatic carbocycles. The zero-order valence-electron chi connectivity index (χ0n) is 17.6. The summed E-state index contributed by atoms with van der Waals surface area (Å²) < 4.78 is 5.17. The number of carbonyl (C=O) groups is 1.